The Morgan fingerprint density at radius 2 is 1.71 bits per heavy atom. The average Bonchev–Trinajstić information content (AvgIpc) is 2.54. The molecule has 1 nitrogen and oxygen atoms in total. The van der Waals surface area contributed by atoms with Gasteiger partial charge in [-0.3, -0.25) is 0 Å². The molecule has 0 fully saturated rings. The van der Waals surface area contributed by atoms with Crippen LogP contribution in [0.2, 0.25) is 0 Å². The van der Waals surface area contributed by atoms with Crippen LogP contribution in [0.15, 0.2) is 66.7 Å². The van der Waals surface area contributed by atoms with E-state index in [1.807, 2.05) is 24.3 Å². The number of rotatable bonds is 3. The van der Waals surface area contributed by atoms with E-state index in [0.717, 1.165) is 11.3 Å². The maximum Gasteiger partial charge on any atom is 0.0491 e. The fraction of sp³-hybridized carbons (Fsp3) is 0.100. The summed E-state index contributed by atoms with van der Waals surface area (Å²) in [6, 6.07) is 23.1. The lowest BCUT2D eigenvalue weighted by molar-refractivity contribution is 0.894. The Morgan fingerprint density at radius 3 is 2.57 bits per heavy atom. The van der Waals surface area contributed by atoms with Crippen molar-refractivity contribution in [1.29, 1.82) is 0 Å². The molecule has 3 aromatic rings. The van der Waals surface area contributed by atoms with Crippen LogP contribution in [-0.4, -0.2) is 0 Å². The predicted octanol–water partition coefficient (Wildman–Crippen LogP) is 4.99. The van der Waals surface area contributed by atoms with Crippen molar-refractivity contribution in [2.45, 2.75) is 13.0 Å². The van der Waals surface area contributed by atoms with Gasteiger partial charge in [0.15, 0.2) is 0 Å². The van der Waals surface area contributed by atoms with Crippen molar-refractivity contribution in [2.75, 3.05) is 5.32 Å². The number of hydrogen-bond acceptors (Lipinski definition) is 1. The molecule has 1 heteroatoms. The van der Waals surface area contributed by atoms with E-state index in [4.69, 9.17) is 6.42 Å². The van der Waals surface area contributed by atoms with Gasteiger partial charge in [0.25, 0.3) is 0 Å². The lowest BCUT2D eigenvalue weighted by Crippen LogP contribution is -2.07. The smallest absolute Gasteiger partial charge is 0.0491 e. The quantitative estimate of drug-likeness (QED) is 0.661. The highest BCUT2D eigenvalue weighted by Crippen LogP contribution is 2.26. The van der Waals surface area contributed by atoms with Crippen LogP contribution < -0.4 is 5.32 Å². The minimum Gasteiger partial charge on any atom is -0.378 e. The van der Waals surface area contributed by atoms with E-state index in [2.05, 4.69) is 60.6 Å². The maximum atomic E-state index is 5.46. The molecule has 0 aliphatic heterocycles. The highest BCUT2D eigenvalue weighted by Gasteiger charge is 2.09. The fourth-order valence-corrected chi connectivity index (χ4v) is 2.65. The molecule has 0 saturated carbocycles. The van der Waals surface area contributed by atoms with Gasteiger partial charge in [-0.1, -0.05) is 54.5 Å². The number of nitrogens with one attached hydrogen (secondary N) is 1. The molecule has 0 saturated heterocycles. The van der Waals surface area contributed by atoms with Gasteiger partial charge in [0.1, 0.15) is 0 Å². The standard InChI is InChI=1S/C20H17N/c1-3-16-8-6-11-18(14-16)21-15(2)19-13-7-10-17-9-4-5-12-20(17)19/h1,4-15,21H,2H3. The number of anilines is 1. The Morgan fingerprint density at radius 1 is 0.952 bits per heavy atom. The first kappa shape index (κ1) is 13.3. The molecule has 0 amide bonds. The molecule has 1 atom stereocenters. The van der Waals surface area contributed by atoms with Gasteiger partial charge in [-0.15, -0.1) is 6.42 Å². The second-order valence-corrected chi connectivity index (χ2v) is 5.16. The lowest BCUT2D eigenvalue weighted by Gasteiger charge is -2.18. The summed E-state index contributed by atoms with van der Waals surface area (Å²) in [6.07, 6.45) is 5.46. The summed E-state index contributed by atoms with van der Waals surface area (Å²) in [6.45, 7) is 2.17. The second-order valence-electron chi connectivity index (χ2n) is 5.16. The first-order valence-corrected chi connectivity index (χ1v) is 7.09. The van der Waals surface area contributed by atoms with Gasteiger partial charge in [0.2, 0.25) is 0 Å². The van der Waals surface area contributed by atoms with Gasteiger partial charge >= 0.3 is 0 Å². The van der Waals surface area contributed by atoms with Crippen LogP contribution in [0.4, 0.5) is 5.69 Å². The second kappa shape index (κ2) is 5.73. The third-order valence-electron chi connectivity index (χ3n) is 3.70. The Kier molecular flexibility index (Phi) is 3.62. The highest BCUT2D eigenvalue weighted by atomic mass is 14.9. The van der Waals surface area contributed by atoms with Crippen molar-refractivity contribution in [3.8, 4) is 12.3 Å². The summed E-state index contributed by atoms with van der Waals surface area (Å²) in [7, 11) is 0. The van der Waals surface area contributed by atoms with Gasteiger partial charge in [-0.25, -0.2) is 0 Å². The van der Waals surface area contributed by atoms with Crippen molar-refractivity contribution in [1.82, 2.24) is 0 Å². The van der Waals surface area contributed by atoms with Crippen molar-refractivity contribution < 1.29 is 0 Å². The summed E-state index contributed by atoms with van der Waals surface area (Å²) in [5.41, 5.74) is 3.23. The van der Waals surface area contributed by atoms with Crippen molar-refractivity contribution in [2.24, 2.45) is 0 Å². The topological polar surface area (TPSA) is 12.0 Å². The maximum absolute atomic E-state index is 5.46. The molecule has 21 heavy (non-hydrogen) atoms. The molecule has 3 aromatic carbocycles. The Hall–Kier alpha value is -2.72. The average molecular weight is 271 g/mol. The van der Waals surface area contributed by atoms with E-state index < -0.39 is 0 Å². The van der Waals surface area contributed by atoms with Gasteiger partial charge in [-0.2, -0.15) is 0 Å². The van der Waals surface area contributed by atoms with Crippen LogP contribution in [0, 0.1) is 12.3 Å². The molecule has 0 heterocycles. The molecule has 0 bridgehead atoms. The number of fused-ring (bicyclic) bond motifs is 1. The van der Waals surface area contributed by atoms with Gasteiger partial charge in [-0.05, 0) is 41.5 Å². The van der Waals surface area contributed by atoms with Gasteiger partial charge in [0, 0.05) is 17.3 Å². The summed E-state index contributed by atoms with van der Waals surface area (Å²) in [5, 5.41) is 6.08. The number of hydrogen-bond donors (Lipinski definition) is 1. The first-order valence-electron chi connectivity index (χ1n) is 7.09. The lowest BCUT2D eigenvalue weighted by atomic mass is 9.99. The van der Waals surface area contributed by atoms with Crippen LogP contribution in [0.5, 0.6) is 0 Å². The molecule has 0 aromatic heterocycles. The van der Waals surface area contributed by atoms with Crippen LogP contribution >= 0.6 is 0 Å². The predicted molar refractivity (Wildman–Crippen MR) is 90.4 cm³/mol. The Labute approximate surface area is 125 Å². The minimum absolute atomic E-state index is 0.212. The van der Waals surface area contributed by atoms with Gasteiger partial charge in [0.05, 0.1) is 0 Å². The van der Waals surface area contributed by atoms with Crippen molar-refractivity contribution in [3.05, 3.63) is 77.9 Å². The van der Waals surface area contributed by atoms with Crippen molar-refractivity contribution >= 4 is 16.5 Å². The zero-order valence-electron chi connectivity index (χ0n) is 12.0. The third kappa shape index (κ3) is 2.75. The third-order valence-corrected chi connectivity index (χ3v) is 3.70. The Balaban J connectivity index is 1.94. The molecular formula is C20H17N. The SMILES string of the molecule is C#Cc1cccc(NC(C)c2cccc3ccccc23)c1. The molecule has 0 spiro atoms. The molecule has 0 aliphatic carbocycles. The molecule has 0 radical (unpaired) electrons. The van der Waals surface area contributed by atoms with E-state index in [-0.39, 0.29) is 6.04 Å². The zero-order valence-corrected chi connectivity index (χ0v) is 12.0. The van der Waals surface area contributed by atoms with Crippen LogP contribution in [-0.2, 0) is 0 Å². The number of terminal acetylenes is 1. The van der Waals surface area contributed by atoms with Crippen LogP contribution in [0.25, 0.3) is 10.8 Å². The fourth-order valence-electron chi connectivity index (χ4n) is 2.65. The largest absolute Gasteiger partial charge is 0.378 e. The van der Waals surface area contributed by atoms with E-state index in [0.29, 0.717) is 0 Å². The molecule has 1 N–H and O–H groups in total. The molecular weight excluding hydrogens is 254 g/mol. The summed E-state index contributed by atoms with van der Waals surface area (Å²) in [5.74, 6) is 2.67. The first-order chi connectivity index (χ1) is 10.3. The molecule has 0 aliphatic rings. The number of benzene rings is 3. The monoisotopic (exact) mass is 271 g/mol. The van der Waals surface area contributed by atoms with Gasteiger partial charge < -0.3 is 5.32 Å². The van der Waals surface area contributed by atoms with E-state index >= 15 is 0 Å². The summed E-state index contributed by atoms with van der Waals surface area (Å²) in [4.78, 5) is 0. The van der Waals surface area contributed by atoms with E-state index in [9.17, 15) is 0 Å². The van der Waals surface area contributed by atoms with Crippen LogP contribution in [0.1, 0.15) is 24.1 Å². The molecule has 1 unspecified atom stereocenters. The molecule has 102 valence electrons. The molecule has 3 rings (SSSR count). The highest BCUT2D eigenvalue weighted by molar-refractivity contribution is 5.86. The summed E-state index contributed by atoms with van der Waals surface area (Å²) >= 11 is 0. The van der Waals surface area contributed by atoms with E-state index in [1.165, 1.54) is 16.3 Å². The van der Waals surface area contributed by atoms with Crippen LogP contribution in [0.3, 0.4) is 0 Å². The summed E-state index contributed by atoms with van der Waals surface area (Å²) < 4.78 is 0. The zero-order chi connectivity index (χ0) is 14.7. The normalized spacial score (nSPS) is 11.8. The minimum atomic E-state index is 0.212. The van der Waals surface area contributed by atoms with E-state index in [1.54, 1.807) is 0 Å². The van der Waals surface area contributed by atoms with Crippen molar-refractivity contribution in [3.63, 3.8) is 0 Å². The Bertz CT molecular complexity index is 806.